The molecule has 4 atom stereocenters. The van der Waals surface area contributed by atoms with Crippen LogP contribution in [0.4, 0.5) is 0 Å². The van der Waals surface area contributed by atoms with E-state index in [2.05, 4.69) is 5.32 Å². The number of carbonyl (C=O) groups excluding carboxylic acids is 3. The number of likely N-dealkylation sites (N-methyl/N-ethyl adjacent to an activating group) is 1. The average Bonchev–Trinajstić information content (AvgIpc) is 2.65. The van der Waals surface area contributed by atoms with Gasteiger partial charge in [0.25, 0.3) is 5.91 Å². The number of fused-ring (bicyclic) bond motifs is 3. The number of hydrogen-bond acceptors (Lipinski definition) is 8. The van der Waals surface area contributed by atoms with Gasteiger partial charge in [-0.1, -0.05) is 12.1 Å². The van der Waals surface area contributed by atoms with Crippen LogP contribution in [-0.4, -0.2) is 56.6 Å². The minimum atomic E-state index is -2.60. The maximum Gasteiger partial charge on any atom is 0.255 e. The Hall–Kier alpha value is -3.17. The molecule has 0 bridgehead atoms. The van der Waals surface area contributed by atoms with E-state index in [0.29, 0.717) is 12.0 Å². The Morgan fingerprint density at radius 1 is 1.24 bits per heavy atom. The first-order valence-electron chi connectivity index (χ1n) is 9.11. The van der Waals surface area contributed by atoms with Crippen LogP contribution in [0.2, 0.25) is 0 Å². The minimum absolute atomic E-state index is 0.00860. The molecule has 3 aliphatic rings. The van der Waals surface area contributed by atoms with E-state index >= 15 is 0 Å². The molecule has 1 aromatic carbocycles. The molecule has 9 heteroatoms. The van der Waals surface area contributed by atoms with Crippen molar-refractivity contribution in [1.29, 1.82) is 0 Å². The number of rotatable bonds is 2. The normalized spacial score (nSPS) is 31.3. The fraction of sp³-hybridized carbons (Fsp3) is 0.350. The molecule has 152 valence electrons. The monoisotopic (exact) mass is 400 g/mol. The third kappa shape index (κ3) is 2.31. The highest BCUT2D eigenvalue weighted by Gasteiger charge is 2.62. The number of nitrogens with two attached hydrogens (primary N) is 1. The zero-order valence-electron chi connectivity index (χ0n) is 15.5. The van der Waals surface area contributed by atoms with Gasteiger partial charge in [0.15, 0.2) is 11.4 Å². The number of primary amides is 1. The van der Waals surface area contributed by atoms with Crippen molar-refractivity contribution >= 4 is 17.5 Å². The quantitative estimate of drug-likeness (QED) is 0.370. The summed E-state index contributed by atoms with van der Waals surface area (Å²) in [6, 6.07) is 3.59. The number of ketones is 2. The van der Waals surface area contributed by atoms with Gasteiger partial charge in [-0.05, 0) is 37.4 Å². The number of carbonyl (C=O) groups is 3. The van der Waals surface area contributed by atoms with E-state index in [4.69, 9.17) is 5.73 Å². The summed E-state index contributed by atoms with van der Waals surface area (Å²) in [6.45, 7) is 0. The van der Waals surface area contributed by atoms with Crippen LogP contribution in [0.3, 0.4) is 0 Å². The number of phenols is 1. The van der Waals surface area contributed by atoms with Crippen LogP contribution in [-0.2, 0) is 16.0 Å². The maximum atomic E-state index is 13.1. The predicted octanol–water partition coefficient (Wildman–Crippen LogP) is -0.222. The number of phenolic OH excluding ortho intramolecular Hbond substituents is 1. The summed E-state index contributed by atoms with van der Waals surface area (Å²) in [7, 11) is 1.46. The number of Topliss-reactive ketones (excluding diaryl/α,β-unsaturated/α-hetero) is 2. The van der Waals surface area contributed by atoms with E-state index in [1.54, 1.807) is 12.1 Å². The Morgan fingerprint density at radius 3 is 2.55 bits per heavy atom. The second-order valence-electron chi connectivity index (χ2n) is 7.63. The number of benzene rings is 1. The molecule has 0 radical (unpaired) electrons. The van der Waals surface area contributed by atoms with Crippen molar-refractivity contribution in [3.8, 4) is 5.75 Å². The van der Waals surface area contributed by atoms with Gasteiger partial charge in [-0.3, -0.25) is 14.4 Å². The fourth-order valence-electron chi connectivity index (χ4n) is 4.95. The molecule has 0 aromatic heterocycles. The lowest BCUT2D eigenvalue weighted by molar-refractivity contribution is -0.146. The maximum absolute atomic E-state index is 13.1. The Labute approximate surface area is 165 Å². The highest BCUT2D eigenvalue weighted by molar-refractivity contribution is 6.24. The van der Waals surface area contributed by atoms with E-state index in [1.165, 1.54) is 13.1 Å². The Morgan fingerprint density at radius 2 is 1.93 bits per heavy atom. The molecule has 4 rings (SSSR count). The van der Waals surface area contributed by atoms with Gasteiger partial charge in [-0.25, -0.2) is 0 Å². The van der Waals surface area contributed by atoms with E-state index < -0.39 is 58.0 Å². The number of amides is 1. The molecule has 29 heavy (non-hydrogen) atoms. The summed E-state index contributed by atoms with van der Waals surface area (Å²) in [5, 5.41) is 45.5. The zero-order valence-corrected chi connectivity index (χ0v) is 15.5. The summed E-state index contributed by atoms with van der Waals surface area (Å²) in [4.78, 5) is 37.8. The second kappa shape index (κ2) is 6.16. The van der Waals surface area contributed by atoms with Gasteiger partial charge < -0.3 is 31.5 Å². The SMILES string of the molecule is CN[C@@H]1C(O)=C(C(N)=O)C(=O)[C@@]2(O)C(O)=C3C(=O)c4c(O)cccc4C[C@H]3C[C@@H]12. The number of allylic oxidation sites excluding steroid dienone is 1. The van der Waals surface area contributed by atoms with Crippen LogP contribution >= 0.6 is 0 Å². The number of aromatic hydroxyl groups is 1. The first-order chi connectivity index (χ1) is 13.6. The lowest BCUT2D eigenvalue weighted by atomic mass is 9.59. The van der Waals surface area contributed by atoms with E-state index in [-0.39, 0.29) is 23.3 Å². The van der Waals surface area contributed by atoms with Crippen LogP contribution in [0.1, 0.15) is 22.3 Å². The largest absolute Gasteiger partial charge is 0.510 e. The van der Waals surface area contributed by atoms with Crippen LogP contribution in [0.15, 0.2) is 40.9 Å². The van der Waals surface area contributed by atoms with Gasteiger partial charge in [-0.15, -0.1) is 0 Å². The highest BCUT2D eigenvalue weighted by atomic mass is 16.3. The van der Waals surface area contributed by atoms with Crippen molar-refractivity contribution in [2.24, 2.45) is 17.6 Å². The molecule has 0 heterocycles. The lowest BCUT2D eigenvalue weighted by Crippen LogP contribution is -2.63. The van der Waals surface area contributed by atoms with Crippen molar-refractivity contribution in [2.45, 2.75) is 24.5 Å². The molecule has 0 unspecified atom stereocenters. The Kier molecular flexibility index (Phi) is 4.07. The van der Waals surface area contributed by atoms with Gasteiger partial charge in [0, 0.05) is 11.5 Å². The molecule has 7 N–H and O–H groups in total. The van der Waals surface area contributed by atoms with Gasteiger partial charge in [0.1, 0.15) is 22.8 Å². The zero-order chi connectivity index (χ0) is 21.2. The van der Waals surface area contributed by atoms with Gasteiger partial charge in [0.05, 0.1) is 11.6 Å². The van der Waals surface area contributed by atoms with Crippen molar-refractivity contribution < 1.29 is 34.8 Å². The first-order valence-corrected chi connectivity index (χ1v) is 9.11. The number of hydrogen-bond donors (Lipinski definition) is 6. The van der Waals surface area contributed by atoms with Crippen molar-refractivity contribution in [3.63, 3.8) is 0 Å². The molecule has 1 amide bonds. The third-order valence-corrected chi connectivity index (χ3v) is 6.25. The summed E-state index contributed by atoms with van der Waals surface area (Å²) in [5.74, 6) is -6.51. The van der Waals surface area contributed by atoms with Crippen molar-refractivity contribution in [1.82, 2.24) is 5.32 Å². The summed E-state index contributed by atoms with van der Waals surface area (Å²) >= 11 is 0. The van der Waals surface area contributed by atoms with Crippen LogP contribution in [0.25, 0.3) is 0 Å². The van der Waals surface area contributed by atoms with Crippen LogP contribution < -0.4 is 11.1 Å². The molecular formula is C20H20N2O7. The molecule has 0 aliphatic heterocycles. The molecule has 1 aromatic rings. The Bertz CT molecular complexity index is 1040. The molecule has 9 nitrogen and oxygen atoms in total. The summed E-state index contributed by atoms with van der Waals surface area (Å²) in [5.41, 5.74) is 2.22. The summed E-state index contributed by atoms with van der Waals surface area (Å²) in [6.07, 6.45) is 0.364. The Balaban J connectivity index is 1.95. The van der Waals surface area contributed by atoms with Gasteiger partial charge in [-0.2, -0.15) is 0 Å². The molecule has 0 saturated heterocycles. The smallest absolute Gasteiger partial charge is 0.255 e. The molecule has 0 spiro atoms. The van der Waals surface area contributed by atoms with E-state index in [9.17, 15) is 34.8 Å². The van der Waals surface area contributed by atoms with Gasteiger partial charge in [0.2, 0.25) is 5.78 Å². The van der Waals surface area contributed by atoms with E-state index in [1.807, 2.05) is 0 Å². The lowest BCUT2D eigenvalue weighted by Gasteiger charge is -2.48. The number of nitrogens with one attached hydrogen (secondary N) is 1. The second-order valence-corrected chi connectivity index (χ2v) is 7.63. The minimum Gasteiger partial charge on any atom is -0.510 e. The van der Waals surface area contributed by atoms with Gasteiger partial charge >= 0.3 is 0 Å². The number of aliphatic hydroxyl groups excluding tert-OH is 2. The van der Waals surface area contributed by atoms with Crippen molar-refractivity contribution in [3.05, 3.63) is 52.0 Å². The van der Waals surface area contributed by atoms with Crippen LogP contribution in [0, 0.1) is 11.8 Å². The number of aliphatic hydroxyl groups is 3. The molecule has 0 fully saturated rings. The van der Waals surface area contributed by atoms with Crippen LogP contribution in [0.5, 0.6) is 5.75 Å². The van der Waals surface area contributed by atoms with Crippen molar-refractivity contribution in [2.75, 3.05) is 7.05 Å². The van der Waals surface area contributed by atoms with E-state index in [0.717, 1.165) is 0 Å². The predicted molar refractivity (Wildman–Crippen MR) is 99.0 cm³/mol. The fourth-order valence-corrected chi connectivity index (χ4v) is 4.95. The standard InChI is InChI=1S/C20H20N2O7/c1-22-14-9-6-8-5-7-3-2-4-10(23)11(7)15(24)12(8)17(26)20(9,29)18(27)13(16(14)25)19(21)28/h2-4,8-9,14,22-23,25-26,29H,5-6H2,1H3,(H2,21,28)/t8-,9-,14-,20-/m0/s1. The third-order valence-electron chi connectivity index (χ3n) is 6.25. The molecule has 0 saturated carbocycles. The molecule has 3 aliphatic carbocycles. The topological polar surface area (TPSA) is 170 Å². The molecular weight excluding hydrogens is 380 g/mol. The average molecular weight is 400 g/mol. The summed E-state index contributed by atoms with van der Waals surface area (Å²) < 4.78 is 0. The first kappa shape index (κ1) is 19.2. The highest BCUT2D eigenvalue weighted by Crippen LogP contribution is 2.51.